The van der Waals surface area contributed by atoms with E-state index in [4.69, 9.17) is 22.5 Å². The summed E-state index contributed by atoms with van der Waals surface area (Å²) in [5, 5.41) is 32.3. The van der Waals surface area contributed by atoms with Gasteiger partial charge in [-0.1, -0.05) is 152 Å². The first-order valence-electron chi connectivity index (χ1n) is 25.9. The van der Waals surface area contributed by atoms with Gasteiger partial charge in [0.1, 0.15) is 0 Å². The third-order valence-electron chi connectivity index (χ3n) is 10.8. The summed E-state index contributed by atoms with van der Waals surface area (Å²) in [5.74, 6) is 13.2. The third-order valence-corrected chi connectivity index (χ3v) is 15.9. The SMILES string of the molecule is CCC(CCC#CCCCCCCC#CCCCO)O[Si](c1ccccc1)(c1ccccc1)C(C)(C)C.CCO.[2H]B=S.[3H]OC(CC)CC/C=C\CCCCCCC/C=C\CCCCO. The second kappa shape index (κ2) is 46.9. The second-order valence-electron chi connectivity index (χ2n) is 17.2. The fraction of sp³-hybridized carbons (Fsp3) is 0.643. The Balaban J connectivity index is 0. The zero-order valence-corrected chi connectivity index (χ0v) is 43.3. The maximum atomic E-state index is 8.76. The molecule has 0 saturated carbocycles. The van der Waals surface area contributed by atoms with Gasteiger partial charge in [0.25, 0.3) is 8.32 Å². The van der Waals surface area contributed by atoms with Crippen LogP contribution in [-0.2, 0) is 4.43 Å². The predicted octanol–water partition coefficient (Wildman–Crippen LogP) is 12.8. The molecular weight excluding hydrogens is 824 g/mol. The van der Waals surface area contributed by atoms with Gasteiger partial charge in [-0.05, 0) is 119 Å². The number of hydrogen-bond donors (Lipinski definition) is 4. The van der Waals surface area contributed by atoms with Crippen molar-refractivity contribution in [3.63, 3.8) is 0 Å². The van der Waals surface area contributed by atoms with Crippen molar-refractivity contribution in [2.24, 2.45) is 0 Å². The Bertz CT molecular complexity index is 1490. The molecule has 2 rings (SSSR count). The summed E-state index contributed by atoms with van der Waals surface area (Å²) in [6, 6.07) is 21.8. The Kier molecular flexibility index (Phi) is 43.5. The van der Waals surface area contributed by atoms with E-state index in [0.29, 0.717) is 6.61 Å². The second-order valence-corrected chi connectivity index (χ2v) is 21.5. The minimum absolute atomic E-state index is 0.000184. The molecule has 0 aromatic heterocycles. The number of benzene rings is 2. The molecule has 8 heteroatoms. The summed E-state index contributed by atoms with van der Waals surface area (Å²) >= 11 is 3.94. The van der Waals surface area contributed by atoms with Crippen molar-refractivity contribution in [1.29, 1.82) is 2.77 Å². The van der Waals surface area contributed by atoms with Gasteiger partial charge in [-0.15, -0.1) is 23.7 Å². The average Bonchev–Trinajstić information content (AvgIpc) is 3.32. The van der Waals surface area contributed by atoms with E-state index in [0.717, 1.165) is 96.6 Å². The van der Waals surface area contributed by atoms with Gasteiger partial charge < -0.3 is 24.9 Å². The van der Waals surface area contributed by atoms with Crippen LogP contribution in [0.1, 0.15) is 196 Å². The van der Waals surface area contributed by atoms with E-state index in [9.17, 15) is 0 Å². The molecule has 2 unspecified atom stereocenters. The van der Waals surface area contributed by atoms with Gasteiger partial charge in [0.15, 0.2) is 0 Å². The Morgan fingerprint density at radius 1 is 0.625 bits per heavy atom. The standard InChI is InChI=1S/C34H48O2Si.C20H38O2.C2H6O.BHS/c1-5-31(25-19-15-13-11-9-7-6-8-10-12-14-16-24-30-35)36-37(34(2,3)4,32-26-20-17-21-27-32)33-28-22-18-23-29-33;1-2-20(22)18-16-14-12-10-8-6-4-3-5-7-9-11-13-15-17-19-21;1-2-3;1-2/h17-18,20-23,26-29,31,35H,5-11,16,19,24-25,30H2,1-4H3;9,11-12,14,20-22H,2-8,10,13,15-19H2,1H3;3H,2H2,1H3;1H/b;11-9-,14-12-;;/i;22T;;1D. The maximum absolute atomic E-state index is 8.76. The van der Waals surface area contributed by atoms with Crippen LogP contribution in [0.2, 0.25) is 5.04 Å². The fourth-order valence-corrected chi connectivity index (χ4v) is 12.0. The molecule has 0 saturated heterocycles. The molecule has 2 aromatic carbocycles. The molecule has 0 heterocycles. The Morgan fingerprint density at radius 3 is 1.45 bits per heavy atom. The van der Waals surface area contributed by atoms with Crippen LogP contribution >= 0.6 is 12.1 Å². The van der Waals surface area contributed by atoms with Gasteiger partial charge in [-0.2, -0.15) is 0 Å². The van der Waals surface area contributed by atoms with E-state index in [1.165, 1.54) is 74.6 Å². The molecule has 5 nitrogen and oxygen atoms in total. The molecule has 0 fully saturated rings. The summed E-state index contributed by atoms with van der Waals surface area (Å²) < 4.78 is 20.1. The molecule has 0 amide bonds. The van der Waals surface area contributed by atoms with Crippen LogP contribution in [0.5, 0.6) is 0 Å². The maximum Gasteiger partial charge on any atom is 0.210 e. The molecule has 0 bridgehead atoms. The summed E-state index contributed by atoms with van der Waals surface area (Å²) in [5.41, 5.74) is 0. The minimum atomic E-state index is -2.51. The normalized spacial score (nSPS) is 12.3. The molecule has 4 N–H and O–H groups in total. The van der Waals surface area contributed by atoms with Crippen molar-refractivity contribution in [1.82, 2.24) is 0 Å². The van der Waals surface area contributed by atoms with Crippen LogP contribution in [0.3, 0.4) is 0 Å². The van der Waals surface area contributed by atoms with Crippen molar-refractivity contribution in [3.8, 4) is 23.7 Å². The number of rotatable bonds is 31. The van der Waals surface area contributed by atoms with Gasteiger partial charge in [-0.3, -0.25) is 0 Å². The van der Waals surface area contributed by atoms with Crippen LogP contribution < -0.4 is 10.4 Å². The van der Waals surface area contributed by atoms with E-state index < -0.39 is 8.32 Å². The Morgan fingerprint density at radius 2 is 1.03 bits per heavy atom. The molecule has 0 aliphatic rings. The zero-order chi connectivity index (χ0) is 49.3. The summed E-state index contributed by atoms with van der Waals surface area (Å²) in [6.07, 6.45) is 35.6. The quantitative estimate of drug-likeness (QED) is 0.0261. The third kappa shape index (κ3) is 33.8. The van der Waals surface area contributed by atoms with E-state index in [2.05, 4.69) is 160 Å². The summed E-state index contributed by atoms with van der Waals surface area (Å²) in [4.78, 5) is 0. The van der Waals surface area contributed by atoms with Gasteiger partial charge in [-0.25, -0.2) is 0 Å². The number of allylic oxidation sites excluding steroid dienone is 4. The number of hydrogen-bond acceptors (Lipinski definition) is 6. The first-order chi connectivity index (χ1) is 32.1. The number of aliphatic hydroxyl groups is 4. The topological polar surface area (TPSA) is 90.2 Å². The molecule has 0 spiro atoms. The van der Waals surface area contributed by atoms with Gasteiger partial charge in [0.05, 0.1) is 6.10 Å². The Hall–Kier alpha value is -2.66. The molecule has 2 aromatic rings. The molecule has 360 valence electrons. The van der Waals surface area contributed by atoms with E-state index >= 15 is 0 Å². The van der Waals surface area contributed by atoms with Crippen LogP contribution in [0.15, 0.2) is 85.0 Å². The van der Waals surface area contributed by atoms with Crippen molar-refractivity contribution in [2.45, 2.75) is 213 Å². The van der Waals surface area contributed by atoms with E-state index in [-0.39, 0.29) is 30.5 Å². The van der Waals surface area contributed by atoms with Crippen molar-refractivity contribution < 1.29 is 24.9 Å². The van der Waals surface area contributed by atoms with Crippen LogP contribution in [0.25, 0.3) is 0 Å². The smallest absolute Gasteiger partial charge is 0.210 e. The molecule has 2 atom stereocenters. The van der Waals surface area contributed by atoms with E-state index in [1.54, 1.807) is 6.92 Å². The molecule has 0 aliphatic heterocycles. The van der Waals surface area contributed by atoms with Crippen molar-refractivity contribution in [3.05, 3.63) is 85.0 Å². The fourth-order valence-electron chi connectivity index (χ4n) is 7.21. The first-order valence-corrected chi connectivity index (χ1v) is 27.3. The zero-order valence-electron chi connectivity index (χ0n) is 43.5. The molecule has 0 aliphatic carbocycles. The van der Waals surface area contributed by atoms with Crippen molar-refractivity contribution in [2.75, 3.05) is 19.8 Å². The van der Waals surface area contributed by atoms with Crippen LogP contribution in [0, 0.1) is 23.7 Å². The largest absolute Gasteiger partial charge is 0.396 e. The number of unbranched alkanes of at least 4 members (excludes halogenated alkanes) is 14. The minimum Gasteiger partial charge on any atom is -0.396 e. The van der Waals surface area contributed by atoms with Gasteiger partial charge in [0, 0.05) is 51.6 Å². The van der Waals surface area contributed by atoms with Crippen LogP contribution in [0.4, 0.5) is 0 Å². The van der Waals surface area contributed by atoms with E-state index in [1.807, 2.05) is 0 Å². The van der Waals surface area contributed by atoms with Crippen molar-refractivity contribution >= 4 is 37.4 Å². The molecule has 0 radical (unpaired) electrons. The first kappa shape index (κ1) is 59.4. The van der Waals surface area contributed by atoms with Gasteiger partial charge in [0.2, 0.25) is 1.43 Å². The van der Waals surface area contributed by atoms with Crippen LogP contribution in [-0.4, -0.2) is 70.2 Å². The molecule has 64 heavy (non-hydrogen) atoms. The number of aliphatic hydroxyl groups excluding tert-OH is 4. The predicted molar refractivity (Wildman–Crippen MR) is 286 cm³/mol. The Labute approximate surface area is 404 Å². The summed E-state index contributed by atoms with van der Waals surface area (Å²) in [7, 11) is -2.51. The average molecular weight is 920 g/mol. The monoisotopic (exact) mass is 920 g/mol. The summed E-state index contributed by atoms with van der Waals surface area (Å²) in [6.45, 7) is 14.7. The van der Waals surface area contributed by atoms with Gasteiger partial charge >= 0.3 is 20.1 Å². The molecular formula is C56H93BO5SSi.